The van der Waals surface area contributed by atoms with Gasteiger partial charge in [-0.2, -0.15) is 20.0 Å². The summed E-state index contributed by atoms with van der Waals surface area (Å²) in [6.45, 7) is 0. The predicted molar refractivity (Wildman–Crippen MR) is 59.7 cm³/mol. The minimum atomic E-state index is -0.916. The third kappa shape index (κ3) is 3.07. The second-order valence-electron chi connectivity index (χ2n) is 2.00. The highest BCUT2D eigenvalue weighted by atomic mass is 32.1. The van der Waals surface area contributed by atoms with Crippen LogP contribution >= 0.6 is 24.4 Å². The molecule has 0 saturated carbocycles. The van der Waals surface area contributed by atoms with Crippen LogP contribution in [0.25, 0.3) is 0 Å². The molecule has 15 heavy (non-hydrogen) atoms. The molecule has 7 nitrogen and oxygen atoms in total. The van der Waals surface area contributed by atoms with E-state index in [0.717, 1.165) is 5.01 Å². The Morgan fingerprint density at radius 1 is 1.47 bits per heavy atom. The maximum absolute atomic E-state index is 9.98. The molecule has 0 aromatic heterocycles. The van der Waals surface area contributed by atoms with Gasteiger partial charge in [0.15, 0.2) is 0 Å². The summed E-state index contributed by atoms with van der Waals surface area (Å²) in [5, 5.41) is 8.91. The fourth-order valence-electron chi connectivity index (χ4n) is 0.715. The number of hydrazone groups is 1. The number of carbonyl (C=O) groups excluding carboxylic acids is 1. The van der Waals surface area contributed by atoms with Gasteiger partial charge in [0.1, 0.15) is 6.34 Å². The summed E-state index contributed by atoms with van der Waals surface area (Å²) < 4.78 is 0. The molecule has 1 heterocycles. The minimum Gasteiger partial charge on any atom is -0.224 e. The lowest BCUT2D eigenvalue weighted by Gasteiger charge is -2.14. The molecule has 0 saturated heterocycles. The number of nitrogens with zero attached hydrogens (tertiary/aromatic N) is 6. The van der Waals surface area contributed by atoms with Crippen molar-refractivity contribution in [3.63, 3.8) is 0 Å². The number of hydrogen-bond acceptors (Lipinski definition) is 9. The van der Waals surface area contributed by atoms with Gasteiger partial charge in [0, 0.05) is 0 Å². The van der Waals surface area contributed by atoms with E-state index in [-0.39, 0.29) is 5.96 Å². The van der Waals surface area contributed by atoms with Crippen molar-refractivity contribution >= 4 is 53.1 Å². The molecule has 0 fully saturated rings. The van der Waals surface area contributed by atoms with Crippen LogP contribution in [0.4, 0.5) is 0 Å². The first-order valence-electron chi connectivity index (χ1n) is 3.45. The molecule has 0 aliphatic carbocycles. The molecule has 0 amide bonds. The lowest BCUT2D eigenvalue weighted by molar-refractivity contribution is 0.553. The number of aliphatic imine (C=N–C) groups is 4. The highest BCUT2D eigenvalue weighted by Crippen LogP contribution is 2.05. The molecule has 1 rings (SSSR count). The average Bonchev–Trinajstić information content (AvgIpc) is 2.23. The molecule has 0 radical (unpaired) electrons. The Balaban J connectivity index is 3.04. The number of guanidine groups is 1. The van der Waals surface area contributed by atoms with E-state index in [0.29, 0.717) is 0 Å². The van der Waals surface area contributed by atoms with Gasteiger partial charge < -0.3 is 0 Å². The Morgan fingerprint density at radius 3 is 2.87 bits per heavy atom. The minimum absolute atomic E-state index is 0.0707. The van der Waals surface area contributed by atoms with Gasteiger partial charge in [0.2, 0.25) is 12.4 Å². The van der Waals surface area contributed by atoms with Crippen LogP contribution in [0.5, 0.6) is 0 Å². The fourth-order valence-corrected chi connectivity index (χ4v) is 0.885. The Bertz CT molecular complexity index is 452. The van der Waals surface area contributed by atoms with E-state index < -0.39 is 6.29 Å². The quantitative estimate of drug-likeness (QED) is 0.396. The Labute approximate surface area is 94.6 Å². The van der Waals surface area contributed by atoms with Gasteiger partial charge in [-0.05, 0) is 24.4 Å². The number of rotatable bonds is 2. The molecule has 0 spiro atoms. The summed E-state index contributed by atoms with van der Waals surface area (Å²) in [5.74, 6) is 0.0707. The van der Waals surface area contributed by atoms with Crippen molar-refractivity contribution in [2.24, 2.45) is 25.1 Å². The van der Waals surface area contributed by atoms with E-state index in [4.69, 9.17) is 0 Å². The highest BCUT2D eigenvalue weighted by molar-refractivity contribution is 7.78. The molecule has 9 heteroatoms. The van der Waals surface area contributed by atoms with Gasteiger partial charge >= 0.3 is 0 Å². The van der Waals surface area contributed by atoms with E-state index in [9.17, 15) is 4.79 Å². The van der Waals surface area contributed by atoms with E-state index in [1.54, 1.807) is 0 Å². The molecule has 0 bridgehead atoms. The van der Waals surface area contributed by atoms with Crippen molar-refractivity contribution in [1.29, 1.82) is 0 Å². The van der Waals surface area contributed by atoms with Crippen LogP contribution in [-0.2, 0) is 4.79 Å². The molecule has 1 atom stereocenters. The van der Waals surface area contributed by atoms with Crippen LogP contribution < -0.4 is 0 Å². The van der Waals surface area contributed by atoms with Crippen molar-refractivity contribution in [3.05, 3.63) is 0 Å². The molecule has 1 aliphatic rings. The monoisotopic (exact) mass is 238 g/mol. The highest BCUT2D eigenvalue weighted by Gasteiger charge is 2.15. The second-order valence-corrected chi connectivity index (χ2v) is 2.36. The maximum Gasteiger partial charge on any atom is 0.260 e. The molecular formula is C6H2N6OS2. The predicted octanol–water partition coefficient (Wildman–Crippen LogP) is 0.426. The van der Waals surface area contributed by atoms with Gasteiger partial charge in [-0.15, -0.1) is 5.10 Å². The van der Waals surface area contributed by atoms with Crippen LogP contribution in [0.1, 0.15) is 0 Å². The average molecular weight is 238 g/mol. The van der Waals surface area contributed by atoms with Gasteiger partial charge in [-0.1, -0.05) is 0 Å². The molecule has 1 aliphatic heterocycles. The lowest BCUT2D eigenvalue weighted by atomic mass is 10.7. The van der Waals surface area contributed by atoms with Crippen LogP contribution in [0.3, 0.4) is 0 Å². The molecule has 74 valence electrons. The summed E-state index contributed by atoms with van der Waals surface area (Å²) in [5.41, 5.74) is 0. The van der Waals surface area contributed by atoms with Crippen molar-refractivity contribution in [1.82, 2.24) is 5.01 Å². The first-order valence-corrected chi connectivity index (χ1v) is 4.26. The van der Waals surface area contributed by atoms with E-state index >= 15 is 0 Å². The zero-order valence-electron chi connectivity index (χ0n) is 7.06. The lowest BCUT2D eigenvalue weighted by Crippen LogP contribution is -2.28. The Morgan fingerprint density at radius 2 is 2.27 bits per heavy atom. The number of isothiocyanates is 2. The number of isocyanates is 1. The summed E-state index contributed by atoms with van der Waals surface area (Å²) in [6, 6.07) is 0. The van der Waals surface area contributed by atoms with E-state index in [1.807, 2.05) is 0 Å². The molecule has 1 unspecified atom stereocenters. The summed E-state index contributed by atoms with van der Waals surface area (Å²) in [4.78, 5) is 24.4. The van der Waals surface area contributed by atoms with Crippen molar-refractivity contribution in [2.75, 3.05) is 0 Å². The SMILES string of the molecule is O=C=NC1N=CN(N=C=S)C(N=C=S)=N1. The van der Waals surface area contributed by atoms with E-state index in [2.05, 4.69) is 59.8 Å². The van der Waals surface area contributed by atoms with Crippen molar-refractivity contribution in [2.45, 2.75) is 6.29 Å². The topological polar surface area (TPSA) is 82.1 Å². The Kier molecular flexibility index (Phi) is 4.30. The standard InChI is InChI=1S/C6H2N6OS2/c13-2-8-5-7-1-12(10-4-15)6(11-5)9-3-14/h1,5H. The molecule has 0 N–H and O–H groups in total. The second kappa shape index (κ2) is 5.77. The van der Waals surface area contributed by atoms with Gasteiger partial charge in [0.05, 0.1) is 10.3 Å². The zero-order chi connectivity index (χ0) is 11.1. The summed E-state index contributed by atoms with van der Waals surface area (Å²) in [6.07, 6.45) is 1.65. The molecular weight excluding hydrogens is 236 g/mol. The fraction of sp³-hybridized carbons (Fsp3) is 0.167. The first kappa shape index (κ1) is 11.2. The van der Waals surface area contributed by atoms with Gasteiger partial charge in [0.25, 0.3) is 5.96 Å². The van der Waals surface area contributed by atoms with E-state index in [1.165, 1.54) is 12.4 Å². The maximum atomic E-state index is 9.98. The largest absolute Gasteiger partial charge is 0.260 e. The first-order chi connectivity index (χ1) is 7.31. The van der Waals surface area contributed by atoms with Crippen molar-refractivity contribution in [3.8, 4) is 0 Å². The smallest absolute Gasteiger partial charge is 0.224 e. The van der Waals surface area contributed by atoms with Crippen LogP contribution in [0, 0.1) is 0 Å². The Hall–Kier alpha value is -1.88. The summed E-state index contributed by atoms with van der Waals surface area (Å²) in [7, 11) is 0. The molecule has 0 aromatic rings. The number of hydrogen-bond donors (Lipinski definition) is 0. The van der Waals surface area contributed by atoms with Crippen molar-refractivity contribution < 1.29 is 4.79 Å². The van der Waals surface area contributed by atoms with Gasteiger partial charge in [-0.3, -0.25) is 0 Å². The third-order valence-corrected chi connectivity index (χ3v) is 1.38. The zero-order valence-corrected chi connectivity index (χ0v) is 8.70. The summed E-state index contributed by atoms with van der Waals surface area (Å²) >= 11 is 8.81. The van der Waals surface area contributed by atoms with Crippen LogP contribution in [0.2, 0.25) is 0 Å². The van der Waals surface area contributed by atoms with Gasteiger partial charge in [-0.25, -0.2) is 9.79 Å². The third-order valence-electron chi connectivity index (χ3n) is 1.21. The van der Waals surface area contributed by atoms with Crippen LogP contribution in [-0.4, -0.2) is 40.0 Å². The number of thiocarbonyl (C=S) groups is 2. The molecule has 0 aromatic carbocycles. The normalized spacial score (nSPS) is 18.0. The van der Waals surface area contributed by atoms with Crippen LogP contribution in [0.15, 0.2) is 25.1 Å².